The number of carbonyl (C=O) groups excluding carboxylic acids is 2. The van der Waals surface area contributed by atoms with Crippen molar-refractivity contribution in [1.29, 1.82) is 0 Å². The normalized spacial score (nSPS) is 13.8. The van der Waals surface area contributed by atoms with Crippen molar-refractivity contribution in [2.75, 3.05) is 47.5 Å². The Balaban J connectivity index is 4.69. The molecular weight excluding hydrogens is 670 g/mol. The average molecular weight is 745 g/mol. The maximum absolute atomic E-state index is 12.6. The second-order valence-corrected chi connectivity index (χ2v) is 14.2. The summed E-state index contributed by atoms with van der Waals surface area (Å²) in [6.45, 7) is 4.58. The molecule has 0 aliphatic carbocycles. The molecule has 2 unspecified atom stereocenters. The number of esters is 2. The van der Waals surface area contributed by atoms with E-state index in [4.69, 9.17) is 18.9 Å². The van der Waals surface area contributed by atoms with Gasteiger partial charge in [0.1, 0.15) is 13.2 Å². The number of quaternary nitrogens is 1. The predicted octanol–water partition coefficient (Wildman–Crippen LogP) is 9.99. The van der Waals surface area contributed by atoms with E-state index in [2.05, 4.69) is 68.5 Å². The molecule has 53 heavy (non-hydrogen) atoms. The first kappa shape index (κ1) is 49.7. The molecular formula is C44H74NO8+. The quantitative estimate of drug-likeness (QED) is 0.0225. The van der Waals surface area contributed by atoms with E-state index in [1.807, 2.05) is 33.3 Å². The molecule has 302 valence electrons. The van der Waals surface area contributed by atoms with Gasteiger partial charge in [-0.25, -0.2) is 4.79 Å². The molecule has 0 aromatic rings. The van der Waals surface area contributed by atoms with Crippen LogP contribution in [-0.2, 0) is 33.3 Å². The van der Waals surface area contributed by atoms with Crippen LogP contribution in [0.25, 0.3) is 0 Å². The van der Waals surface area contributed by atoms with Gasteiger partial charge in [-0.3, -0.25) is 9.59 Å². The molecule has 0 aliphatic rings. The van der Waals surface area contributed by atoms with Gasteiger partial charge in [0.2, 0.25) is 0 Å². The fourth-order valence-electron chi connectivity index (χ4n) is 4.84. The Kier molecular flexibility index (Phi) is 33.5. The second-order valence-electron chi connectivity index (χ2n) is 14.2. The Hall–Kier alpha value is -3.27. The molecule has 0 saturated carbocycles. The monoisotopic (exact) mass is 745 g/mol. The molecule has 0 fully saturated rings. The Bertz CT molecular complexity index is 1100. The lowest BCUT2D eigenvalue weighted by molar-refractivity contribution is -0.870. The summed E-state index contributed by atoms with van der Waals surface area (Å²) in [5.41, 5.74) is 0. The van der Waals surface area contributed by atoms with Crippen molar-refractivity contribution in [2.24, 2.45) is 0 Å². The minimum Gasteiger partial charge on any atom is -0.477 e. The molecule has 0 bridgehead atoms. The van der Waals surface area contributed by atoms with Crippen LogP contribution < -0.4 is 0 Å². The van der Waals surface area contributed by atoms with E-state index in [-0.39, 0.29) is 38.6 Å². The van der Waals surface area contributed by atoms with Gasteiger partial charge in [0, 0.05) is 6.42 Å². The van der Waals surface area contributed by atoms with Crippen LogP contribution in [0.4, 0.5) is 0 Å². The zero-order valence-electron chi connectivity index (χ0n) is 33.9. The van der Waals surface area contributed by atoms with E-state index in [0.29, 0.717) is 17.4 Å². The summed E-state index contributed by atoms with van der Waals surface area (Å²) in [7, 11) is 5.91. The molecule has 0 aromatic carbocycles. The minimum absolute atomic E-state index is 0.0229. The largest absolute Gasteiger partial charge is 0.477 e. The summed E-state index contributed by atoms with van der Waals surface area (Å²) in [4.78, 5) is 36.9. The third-order valence-corrected chi connectivity index (χ3v) is 7.98. The molecule has 9 nitrogen and oxygen atoms in total. The summed E-state index contributed by atoms with van der Waals surface area (Å²) >= 11 is 0. The highest BCUT2D eigenvalue weighted by molar-refractivity contribution is 5.72. The number of hydrogen-bond donors (Lipinski definition) is 1. The van der Waals surface area contributed by atoms with Crippen molar-refractivity contribution in [2.45, 2.75) is 142 Å². The van der Waals surface area contributed by atoms with Crippen LogP contribution in [0.15, 0.2) is 72.9 Å². The van der Waals surface area contributed by atoms with E-state index >= 15 is 0 Å². The highest BCUT2D eigenvalue weighted by atomic mass is 16.7. The third-order valence-electron chi connectivity index (χ3n) is 7.98. The van der Waals surface area contributed by atoms with Crippen molar-refractivity contribution >= 4 is 17.9 Å². The summed E-state index contributed by atoms with van der Waals surface area (Å²) in [5.74, 6) is -2.20. The smallest absolute Gasteiger partial charge is 0.361 e. The summed E-state index contributed by atoms with van der Waals surface area (Å²) in [5, 5.41) is 9.59. The van der Waals surface area contributed by atoms with Gasteiger partial charge in [-0.2, -0.15) is 0 Å². The topological polar surface area (TPSA) is 108 Å². The molecule has 0 rings (SSSR count). The van der Waals surface area contributed by atoms with Crippen LogP contribution in [0.2, 0.25) is 0 Å². The molecule has 1 N–H and O–H groups in total. The molecule has 0 aromatic heterocycles. The van der Waals surface area contributed by atoms with Crippen LogP contribution >= 0.6 is 0 Å². The number of aliphatic carboxylic acids is 1. The average Bonchev–Trinajstić information content (AvgIpc) is 3.11. The van der Waals surface area contributed by atoms with Crippen LogP contribution in [0.1, 0.15) is 129 Å². The number of unbranched alkanes of at least 4 members (excludes halogenated alkanes) is 9. The van der Waals surface area contributed by atoms with Gasteiger partial charge in [-0.05, 0) is 64.2 Å². The van der Waals surface area contributed by atoms with E-state index in [1.165, 1.54) is 32.1 Å². The van der Waals surface area contributed by atoms with Crippen LogP contribution in [0.3, 0.4) is 0 Å². The van der Waals surface area contributed by atoms with E-state index in [0.717, 1.165) is 64.2 Å². The van der Waals surface area contributed by atoms with Gasteiger partial charge in [-0.1, -0.05) is 125 Å². The minimum atomic E-state index is -1.54. The van der Waals surface area contributed by atoms with Crippen LogP contribution in [0.5, 0.6) is 0 Å². The third kappa shape index (κ3) is 36.9. The van der Waals surface area contributed by atoms with Gasteiger partial charge in [0.05, 0.1) is 40.8 Å². The molecule has 0 saturated heterocycles. The SMILES string of the molecule is CC/C=C\C/C=C\C/C=C\C/C=C\C/C=C\CC(=O)OC(COC(=O)CCCCCCC/C=C\CCCCCC)COC(OCC[N+](C)(C)C)C(=O)O. The highest BCUT2D eigenvalue weighted by Crippen LogP contribution is 2.11. The van der Waals surface area contributed by atoms with Crippen LogP contribution in [0, 0.1) is 0 Å². The van der Waals surface area contributed by atoms with E-state index < -0.39 is 24.3 Å². The van der Waals surface area contributed by atoms with E-state index in [9.17, 15) is 19.5 Å². The van der Waals surface area contributed by atoms with E-state index in [1.54, 1.807) is 6.08 Å². The van der Waals surface area contributed by atoms with Crippen molar-refractivity contribution in [1.82, 2.24) is 0 Å². The number of carboxylic acids is 1. The Morgan fingerprint density at radius 3 is 1.68 bits per heavy atom. The van der Waals surface area contributed by atoms with Crippen molar-refractivity contribution in [3.05, 3.63) is 72.9 Å². The van der Waals surface area contributed by atoms with Crippen molar-refractivity contribution in [3.8, 4) is 0 Å². The molecule has 9 heteroatoms. The van der Waals surface area contributed by atoms with Gasteiger partial charge >= 0.3 is 17.9 Å². The molecule has 0 radical (unpaired) electrons. The van der Waals surface area contributed by atoms with Gasteiger partial charge in [0.25, 0.3) is 6.29 Å². The maximum atomic E-state index is 12.6. The number of allylic oxidation sites excluding steroid dienone is 11. The number of hydrogen-bond acceptors (Lipinski definition) is 7. The highest BCUT2D eigenvalue weighted by Gasteiger charge is 2.24. The van der Waals surface area contributed by atoms with Crippen LogP contribution in [-0.4, -0.2) is 87.4 Å². The predicted molar refractivity (Wildman–Crippen MR) is 216 cm³/mol. The number of nitrogens with zero attached hydrogens (tertiary/aromatic N) is 1. The fourth-order valence-corrected chi connectivity index (χ4v) is 4.84. The number of ether oxygens (including phenoxy) is 4. The van der Waals surface area contributed by atoms with Gasteiger partial charge < -0.3 is 28.5 Å². The molecule has 0 amide bonds. The number of carboxylic acid groups (broad SMARTS) is 1. The Morgan fingerprint density at radius 1 is 0.604 bits per heavy atom. The molecule has 2 atom stereocenters. The maximum Gasteiger partial charge on any atom is 0.361 e. The van der Waals surface area contributed by atoms with Gasteiger partial charge in [-0.15, -0.1) is 0 Å². The number of carbonyl (C=O) groups is 3. The first-order chi connectivity index (χ1) is 25.6. The second kappa shape index (κ2) is 35.7. The number of likely N-dealkylation sites (N-methyl/N-ethyl adjacent to an activating group) is 1. The first-order valence-electron chi connectivity index (χ1n) is 20.1. The first-order valence-corrected chi connectivity index (χ1v) is 20.1. The van der Waals surface area contributed by atoms with Crippen molar-refractivity contribution in [3.63, 3.8) is 0 Å². The summed E-state index contributed by atoms with van der Waals surface area (Å²) < 4.78 is 22.5. The Morgan fingerprint density at radius 2 is 1.13 bits per heavy atom. The standard InChI is InChI=1S/C44H73NO8/c1-6-8-10-12-14-16-18-20-21-23-25-27-29-31-33-35-42(47)53-40(39-52-44(43(48)49)50-37-36-45(3,4)5)38-51-41(46)34-32-30-28-26-24-22-19-17-15-13-11-9-7-2/h8,10,14,16-17,19-21,25,27,31,33,40,44H,6-7,9,11-13,15,18,22-24,26,28-30,32,34-39H2,1-5H3/p+1/b10-8-,16-14-,19-17-,21-20-,27-25-,33-31-. The lowest BCUT2D eigenvalue weighted by atomic mass is 10.1. The fraction of sp³-hybridized carbons (Fsp3) is 0.659. The summed E-state index contributed by atoms with van der Waals surface area (Å²) in [6, 6.07) is 0. The van der Waals surface area contributed by atoms with Gasteiger partial charge in [0.15, 0.2) is 6.10 Å². The number of rotatable bonds is 35. The molecule has 0 spiro atoms. The lowest BCUT2D eigenvalue weighted by Gasteiger charge is -2.25. The molecule has 0 aliphatic heterocycles. The Labute approximate surface area is 322 Å². The zero-order chi connectivity index (χ0) is 39.3. The lowest BCUT2D eigenvalue weighted by Crippen LogP contribution is -2.40. The van der Waals surface area contributed by atoms with Crippen molar-refractivity contribution < 1.29 is 42.9 Å². The summed E-state index contributed by atoms with van der Waals surface area (Å²) in [6.07, 6.45) is 39.9. The molecule has 0 heterocycles. The zero-order valence-corrected chi connectivity index (χ0v) is 33.9.